The van der Waals surface area contributed by atoms with Gasteiger partial charge in [0.15, 0.2) is 11.8 Å². The lowest BCUT2D eigenvalue weighted by atomic mass is 10.2. The molecule has 0 radical (unpaired) electrons. The highest BCUT2D eigenvalue weighted by molar-refractivity contribution is 7.10. The monoisotopic (exact) mass is 306 g/mol. The summed E-state index contributed by atoms with van der Waals surface area (Å²) >= 11 is 1.25. The molecule has 2 aromatic heterocycles. The first-order valence-electron chi connectivity index (χ1n) is 6.14. The van der Waals surface area contributed by atoms with Gasteiger partial charge < -0.3 is 15.0 Å². The largest absolute Gasteiger partial charge is 0.479 e. The number of aromatic nitrogens is 1. The molecule has 1 atom stereocenters. The van der Waals surface area contributed by atoms with Gasteiger partial charge in [-0.2, -0.15) is 0 Å². The van der Waals surface area contributed by atoms with Crippen LogP contribution in [0, 0.1) is 0 Å². The number of nitrogens with zero attached hydrogens (tertiary/aromatic N) is 1. The molecule has 1 unspecified atom stereocenters. The molecule has 0 saturated carbocycles. The molecule has 0 fully saturated rings. The highest BCUT2D eigenvalue weighted by atomic mass is 32.1. The summed E-state index contributed by atoms with van der Waals surface area (Å²) in [7, 11) is 1.63. The third-order valence-corrected chi connectivity index (χ3v) is 3.93. The van der Waals surface area contributed by atoms with Crippen molar-refractivity contribution < 1.29 is 19.5 Å². The van der Waals surface area contributed by atoms with E-state index in [0.717, 1.165) is 0 Å². The van der Waals surface area contributed by atoms with Crippen LogP contribution in [-0.4, -0.2) is 27.3 Å². The zero-order chi connectivity index (χ0) is 15.6. The number of Topliss-reactive ketones (excluding diaryl/α,β-unsaturated/α-hetero) is 1. The molecular weight excluding hydrogens is 292 g/mol. The first-order chi connectivity index (χ1) is 9.90. The molecule has 2 rings (SSSR count). The Morgan fingerprint density at radius 2 is 2.10 bits per heavy atom. The third-order valence-electron chi connectivity index (χ3n) is 2.99. The van der Waals surface area contributed by atoms with Gasteiger partial charge in [-0.25, -0.2) is 4.79 Å². The summed E-state index contributed by atoms with van der Waals surface area (Å²) in [6.07, 6.45) is 1.54. The zero-order valence-electron chi connectivity index (χ0n) is 11.5. The first kappa shape index (κ1) is 15.0. The maximum absolute atomic E-state index is 12.2. The Kier molecular flexibility index (Phi) is 4.23. The molecule has 0 aliphatic rings. The maximum Gasteiger partial charge on any atom is 0.331 e. The average Bonchev–Trinajstić information content (AvgIpc) is 3.04. The van der Waals surface area contributed by atoms with E-state index in [-0.39, 0.29) is 11.5 Å². The molecule has 0 spiro atoms. The molecule has 7 heteroatoms. The summed E-state index contributed by atoms with van der Waals surface area (Å²) < 4.78 is 1.50. The minimum Gasteiger partial charge on any atom is -0.479 e. The van der Waals surface area contributed by atoms with Crippen molar-refractivity contribution in [1.82, 2.24) is 9.88 Å². The van der Waals surface area contributed by atoms with E-state index in [1.807, 2.05) is 0 Å². The lowest BCUT2D eigenvalue weighted by Gasteiger charge is -2.13. The van der Waals surface area contributed by atoms with Crippen LogP contribution < -0.4 is 5.32 Å². The van der Waals surface area contributed by atoms with E-state index in [0.29, 0.717) is 10.4 Å². The van der Waals surface area contributed by atoms with Crippen LogP contribution in [0.15, 0.2) is 29.8 Å². The molecule has 0 saturated heterocycles. The number of amides is 1. The Bertz CT molecular complexity index is 688. The van der Waals surface area contributed by atoms with E-state index >= 15 is 0 Å². The second kappa shape index (κ2) is 5.92. The summed E-state index contributed by atoms with van der Waals surface area (Å²) in [5.74, 6) is -1.82. The van der Waals surface area contributed by atoms with Crippen molar-refractivity contribution in [3.63, 3.8) is 0 Å². The summed E-state index contributed by atoms with van der Waals surface area (Å²) in [4.78, 5) is 35.4. The van der Waals surface area contributed by atoms with Gasteiger partial charge in [-0.3, -0.25) is 9.59 Å². The van der Waals surface area contributed by atoms with Gasteiger partial charge in [0.2, 0.25) is 0 Å². The van der Waals surface area contributed by atoms with Crippen LogP contribution in [-0.2, 0) is 11.8 Å². The van der Waals surface area contributed by atoms with E-state index in [9.17, 15) is 19.5 Å². The number of carbonyl (C=O) groups excluding carboxylic acids is 2. The zero-order valence-corrected chi connectivity index (χ0v) is 12.3. The lowest BCUT2D eigenvalue weighted by Crippen LogP contribution is -2.34. The fraction of sp³-hybridized carbons (Fsp3) is 0.214. The smallest absolute Gasteiger partial charge is 0.331 e. The van der Waals surface area contributed by atoms with Crippen LogP contribution in [0.4, 0.5) is 0 Å². The molecule has 6 nitrogen and oxygen atoms in total. The highest BCUT2D eigenvalue weighted by Gasteiger charge is 2.25. The number of nitrogens with one attached hydrogen (secondary N) is 1. The molecule has 21 heavy (non-hydrogen) atoms. The molecule has 110 valence electrons. The molecule has 0 aliphatic carbocycles. The van der Waals surface area contributed by atoms with Gasteiger partial charge in [0.25, 0.3) is 5.91 Å². The SMILES string of the molecule is CC(=O)c1cc(C(=O)NC(C(=O)O)c2cccs2)n(C)c1. The predicted octanol–water partition coefficient (Wildman–Crippen LogP) is 1.84. The molecule has 0 aliphatic heterocycles. The fourth-order valence-corrected chi connectivity index (χ4v) is 2.67. The highest BCUT2D eigenvalue weighted by Crippen LogP contribution is 2.20. The van der Waals surface area contributed by atoms with E-state index < -0.39 is 17.9 Å². The number of carboxylic acid groups (broad SMARTS) is 1. The minimum absolute atomic E-state index is 0.155. The standard InChI is InChI=1S/C14H14N2O4S/c1-8(17)9-6-10(16(2)7-9)13(18)15-12(14(19)20)11-4-3-5-21-11/h3-7,12H,1-2H3,(H,15,18)(H,19,20). The second-order valence-electron chi connectivity index (χ2n) is 4.54. The number of rotatable bonds is 5. The van der Waals surface area contributed by atoms with Crippen molar-refractivity contribution in [3.05, 3.63) is 45.9 Å². The van der Waals surface area contributed by atoms with Crippen LogP contribution in [0.2, 0.25) is 0 Å². The van der Waals surface area contributed by atoms with Crippen molar-refractivity contribution in [2.24, 2.45) is 7.05 Å². The number of aliphatic carboxylic acids is 1. The van der Waals surface area contributed by atoms with Gasteiger partial charge in [-0.05, 0) is 24.4 Å². The van der Waals surface area contributed by atoms with Gasteiger partial charge in [0, 0.05) is 23.7 Å². The van der Waals surface area contributed by atoms with Crippen molar-refractivity contribution in [3.8, 4) is 0 Å². The quantitative estimate of drug-likeness (QED) is 0.825. The number of carbonyl (C=O) groups is 3. The van der Waals surface area contributed by atoms with E-state index in [2.05, 4.69) is 5.32 Å². The fourth-order valence-electron chi connectivity index (χ4n) is 1.90. The Labute approximate surface area is 125 Å². The topological polar surface area (TPSA) is 88.4 Å². The average molecular weight is 306 g/mol. The van der Waals surface area contributed by atoms with Gasteiger partial charge in [0.05, 0.1) is 0 Å². The van der Waals surface area contributed by atoms with Gasteiger partial charge in [-0.1, -0.05) is 6.07 Å². The second-order valence-corrected chi connectivity index (χ2v) is 5.52. The number of aryl methyl sites for hydroxylation is 1. The summed E-state index contributed by atoms with van der Waals surface area (Å²) in [5, 5.41) is 13.4. The Balaban J connectivity index is 2.24. The molecule has 1 amide bonds. The van der Waals surface area contributed by atoms with Gasteiger partial charge >= 0.3 is 5.97 Å². The minimum atomic E-state index is -1.13. The molecular formula is C14H14N2O4S. The molecule has 2 N–H and O–H groups in total. The predicted molar refractivity (Wildman–Crippen MR) is 77.6 cm³/mol. The number of carboxylic acids is 1. The van der Waals surface area contributed by atoms with Crippen molar-refractivity contribution in [2.75, 3.05) is 0 Å². The third kappa shape index (κ3) is 3.19. The van der Waals surface area contributed by atoms with E-state index in [1.54, 1.807) is 24.6 Å². The van der Waals surface area contributed by atoms with Crippen LogP contribution in [0.1, 0.15) is 38.7 Å². The van der Waals surface area contributed by atoms with Crippen molar-refractivity contribution in [1.29, 1.82) is 0 Å². The molecule has 0 bridgehead atoms. The first-order valence-corrected chi connectivity index (χ1v) is 7.02. The van der Waals surface area contributed by atoms with Crippen LogP contribution in [0.3, 0.4) is 0 Å². The lowest BCUT2D eigenvalue weighted by molar-refractivity contribution is -0.139. The number of hydrogen-bond donors (Lipinski definition) is 2. The Hall–Kier alpha value is -2.41. The summed E-state index contributed by atoms with van der Waals surface area (Å²) in [6, 6.07) is 3.72. The number of hydrogen-bond acceptors (Lipinski definition) is 4. The van der Waals surface area contributed by atoms with Gasteiger partial charge in [-0.15, -0.1) is 11.3 Å². The summed E-state index contributed by atoms with van der Waals surface area (Å²) in [5.41, 5.74) is 0.647. The Morgan fingerprint density at radius 1 is 1.38 bits per heavy atom. The van der Waals surface area contributed by atoms with Crippen LogP contribution >= 0.6 is 11.3 Å². The molecule has 2 aromatic rings. The summed E-state index contributed by atoms with van der Waals surface area (Å²) in [6.45, 7) is 1.41. The van der Waals surface area contributed by atoms with Crippen molar-refractivity contribution in [2.45, 2.75) is 13.0 Å². The molecule has 0 aromatic carbocycles. The Morgan fingerprint density at radius 3 is 2.57 bits per heavy atom. The molecule has 2 heterocycles. The number of ketones is 1. The normalized spacial score (nSPS) is 11.9. The van der Waals surface area contributed by atoms with E-state index in [4.69, 9.17) is 0 Å². The van der Waals surface area contributed by atoms with Crippen molar-refractivity contribution >= 4 is 29.0 Å². The van der Waals surface area contributed by atoms with Crippen LogP contribution in [0.5, 0.6) is 0 Å². The van der Waals surface area contributed by atoms with Crippen LogP contribution in [0.25, 0.3) is 0 Å². The van der Waals surface area contributed by atoms with Gasteiger partial charge in [0.1, 0.15) is 5.69 Å². The maximum atomic E-state index is 12.2. The number of thiophene rings is 1. The van der Waals surface area contributed by atoms with E-state index in [1.165, 1.54) is 35.1 Å².